The summed E-state index contributed by atoms with van der Waals surface area (Å²) < 4.78 is 42.8. The Morgan fingerprint density at radius 1 is 1.19 bits per heavy atom. The standard InChI is InChI=1S/C17H28F3N5O/c1-5-21-15(25-12-16(2,3)26-4)23-10-6-9-22-14-8-7-13(11-24-14)17(18,19)20/h7-8,11H,5-6,9-10,12H2,1-4H3,(H,22,24)(H2,21,23,25). The number of guanidine groups is 1. The van der Waals surface area contributed by atoms with Gasteiger partial charge in [0.25, 0.3) is 0 Å². The highest BCUT2D eigenvalue weighted by atomic mass is 19.4. The van der Waals surface area contributed by atoms with Crippen molar-refractivity contribution in [2.75, 3.05) is 38.6 Å². The first-order valence-electron chi connectivity index (χ1n) is 8.52. The molecule has 1 rings (SSSR count). The van der Waals surface area contributed by atoms with Crippen molar-refractivity contribution in [3.8, 4) is 0 Å². The van der Waals surface area contributed by atoms with Crippen LogP contribution in [0.2, 0.25) is 0 Å². The molecule has 0 fully saturated rings. The van der Waals surface area contributed by atoms with E-state index in [1.807, 2.05) is 20.8 Å². The van der Waals surface area contributed by atoms with Crippen molar-refractivity contribution in [2.45, 2.75) is 39.0 Å². The number of hydrogen-bond donors (Lipinski definition) is 3. The molecule has 0 saturated carbocycles. The number of halogens is 3. The number of rotatable bonds is 9. The van der Waals surface area contributed by atoms with Gasteiger partial charge in [0.2, 0.25) is 0 Å². The number of aliphatic imine (C=N–C) groups is 1. The maximum Gasteiger partial charge on any atom is 0.417 e. The van der Waals surface area contributed by atoms with Crippen molar-refractivity contribution < 1.29 is 17.9 Å². The fraction of sp³-hybridized carbons (Fsp3) is 0.647. The fourth-order valence-corrected chi connectivity index (χ4v) is 1.85. The van der Waals surface area contributed by atoms with E-state index in [0.29, 0.717) is 31.4 Å². The third-order valence-corrected chi connectivity index (χ3v) is 3.56. The van der Waals surface area contributed by atoms with Crippen LogP contribution in [0.3, 0.4) is 0 Å². The van der Waals surface area contributed by atoms with Crippen LogP contribution in [0.4, 0.5) is 19.0 Å². The first-order valence-corrected chi connectivity index (χ1v) is 8.52. The lowest BCUT2D eigenvalue weighted by Gasteiger charge is -2.21. The Bertz CT molecular complexity index is 559. The Hall–Kier alpha value is -2.03. The third-order valence-electron chi connectivity index (χ3n) is 3.56. The van der Waals surface area contributed by atoms with Gasteiger partial charge in [0.1, 0.15) is 5.82 Å². The highest BCUT2D eigenvalue weighted by molar-refractivity contribution is 5.79. The van der Waals surface area contributed by atoms with Crippen molar-refractivity contribution >= 4 is 11.8 Å². The van der Waals surface area contributed by atoms with E-state index in [9.17, 15) is 13.2 Å². The van der Waals surface area contributed by atoms with Gasteiger partial charge in [-0.05, 0) is 39.3 Å². The molecule has 0 spiro atoms. The van der Waals surface area contributed by atoms with Gasteiger partial charge in [0, 0.05) is 32.9 Å². The lowest BCUT2D eigenvalue weighted by Crippen LogP contribution is -2.39. The second-order valence-electron chi connectivity index (χ2n) is 6.30. The second kappa shape index (κ2) is 10.2. The lowest BCUT2D eigenvalue weighted by molar-refractivity contribution is -0.137. The van der Waals surface area contributed by atoms with Gasteiger partial charge in [0.15, 0.2) is 5.96 Å². The molecule has 1 heterocycles. The van der Waals surface area contributed by atoms with E-state index in [1.54, 1.807) is 7.11 Å². The molecule has 9 heteroatoms. The minimum Gasteiger partial charge on any atom is -0.377 e. The monoisotopic (exact) mass is 375 g/mol. The van der Waals surface area contributed by atoms with Crippen LogP contribution in [0, 0.1) is 0 Å². The van der Waals surface area contributed by atoms with Crippen LogP contribution in [-0.2, 0) is 10.9 Å². The van der Waals surface area contributed by atoms with Crippen molar-refractivity contribution in [3.63, 3.8) is 0 Å². The van der Waals surface area contributed by atoms with Gasteiger partial charge < -0.3 is 20.7 Å². The largest absolute Gasteiger partial charge is 0.417 e. The number of nitrogens with zero attached hydrogens (tertiary/aromatic N) is 2. The average Bonchev–Trinajstić information content (AvgIpc) is 2.59. The Morgan fingerprint density at radius 2 is 1.92 bits per heavy atom. The number of hydrogen-bond acceptors (Lipinski definition) is 4. The van der Waals surface area contributed by atoms with E-state index in [0.717, 1.165) is 25.2 Å². The molecule has 6 nitrogen and oxygen atoms in total. The zero-order chi connectivity index (χ0) is 19.6. The number of pyridine rings is 1. The van der Waals surface area contributed by atoms with Gasteiger partial charge in [-0.25, -0.2) is 4.98 Å². The molecule has 0 aliphatic carbocycles. The molecule has 0 amide bonds. The zero-order valence-electron chi connectivity index (χ0n) is 15.7. The minimum atomic E-state index is -4.37. The fourth-order valence-electron chi connectivity index (χ4n) is 1.85. The van der Waals surface area contributed by atoms with Crippen LogP contribution in [0.15, 0.2) is 23.3 Å². The number of aromatic nitrogens is 1. The lowest BCUT2D eigenvalue weighted by atomic mass is 10.1. The van der Waals surface area contributed by atoms with E-state index in [1.165, 1.54) is 6.07 Å². The summed E-state index contributed by atoms with van der Waals surface area (Å²) in [6, 6.07) is 2.34. The molecule has 0 aromatic carbocycles. The molecular formula is C17H28F3N5O. The van der Waals surface area contributed by atoms with Gasteiger partial charge in [-0.15, -0.1) is 0 Å². The molecule has 1 aromatic rings. The highest BCUT2D eigenvalue weighted by Crippen LogP contribution is 2.28. The highest BCUT2D eigenvalue weighted by Gasteiger charge is 2.30. The summed E-state index contributed by atoms with van der Waals surface area (Å²) in [5, 5.41) is 9.35. The van der Waals surface area contributed by atoms with Crippen LogP contribution >= 0.6 is 0 Å². The second-order valence-corrected chi connectivity index (χ2v) is 6.30. The molecule has 3 N–H and O–H groups in total. The van der Waals surface area contributed by atoms with Crippen molar-refractivity contribution in [3.05, 3.63) is 23.9 Å². The average molecular weight is 375 g/mol. The Labute approximate surface area is 152 Å². The number of methoxy groups -OCH3 is 1. The Kier molecular flexibility index (Phi) is 8.64. The van der Waals surface area contributed by atoms with E-state index >= 15 is 0 Å². The first-order chi connectivity index (χ1) is 12.2. The van der Waals surface area contributed by atoms with Crippen molar-refractivity contribution in [2.24, 2.45) is 4.99 Å². The predicted molar refractivity (Wildman–Crippen MR) is 97.4 cm³/mol. The molecule has 1 aromatic heterocycles. The molecule has 0 aliphatic rings. The normalized spacial score (nSPS) is 12.8. The molecule has 0 unspecified atom stereocenters. The SMILES string of the molecule is CCNC(=NCC(C)(C)OC)NCCCNc1ccc(C(F)(F)F)cn1. The maximum atomic E-state index is 12.5. The molecule has 0 saturated heterocycles. The van der Waals surface area contributed by atoms with Gasteiger partial charge in [-0.3, -0.25) is 4.99 Å². The smallest absolute Gasteiger partial charge is 0.377 e. The molecule has 0 atom stereocenters. The first kappa shape index (κ1) is 22.0. The zero-order valence-corrected chi connectivity index (χ0v) is 15.7. The van der Waals surface area contributed by atoms with E-state index in [-0.39, 0.29) is 5.60 Å². The van der Waals surface area contributed by atoms with Crippen LogP contribution in [0.1, 0.15) is 32.8 Å². The summed E-state index contributed by atoms with van der Waals surface area (Å²) in [7, 11) is 1.65. The molecule has 148 valence electrons. The summed E-state index contributed by atoms with van der Waals surface area (Å²) >= 11 is 0. The van der Waals surface area contributed by atoms with Crippen LogP contribution in [0.25, 0.3) is 0 Å². The number of anilines is 1. The summed E-state index contributed by atoms with van der Waals surface area (Å²) in [5.74, 6) is 1.12. The van der Waals surface area contributed by atoms with Gasteiger partial charge in [0.05, 0.1) is 17.7 Å². The third kappa shape index (κ3) is 8.37. The molecule has 0 radical (unpaired) electrons. The summed E-state index contributed by atoms with van der Waals surface area (Å²) in [6.45, 7) is 8.40. The minimum absolute atomic E-state index is 0.335. The van der Waals surface area contributed by atoms with Crippen LogP contribution in [-0.4, -0.2) is 49.8 Å². The van der Waals surface area contributed by atoms with Crippen LogP contribution < -0.4 is 16.0 Å². The van der Waals surface area contributed by atoms with E-state index in [2.05, 4.69) is 25.9 Å². The topological polar surface area (TPSA) is 70.6 Å². The summed E-state index contributed by atoms with van der Waals surface area (Å²) in [6.07, 6.45) is -2.79. The van der Waals surface area contributed by atoms with Gasteiger partial charge in [-0.2, -0.15) is 13.2 Å². The predicted octanol–water partition coefficient (Wildman–Crippen LogP) is 2.88. The van der Waals surface area contributed by atoms with Crippen LogP contribution in [0.5, 0.6) is 0 Å². The van der Waals surface area contributed by atoms with Gasteiger partial charge in [-0.1, -0.05) is 0 Å². The van der Waals surface area contributed by atoms with Crippen molar-refractivity contribution in [1.82, 2.24) is 15.6 Å². The van der Waals surface area contributed by atoms with E-state index < -0.39 is 11.7 Å². The Morgan fingerprint density at radius 3 is 2.46 bits per heavy atom. The molecular weight excluding hydrogens is 347 g/mol. The maximum absolute atomic E-state index is 12.5. The van der Waals surface area contributed by atoms with Crippen molar-refractivity contribution in [1.29, 1.82) is 0 Å². The molecule has 26 heavy (non-hydrogen) atoms. The molecule has 0 bridgehead atoms. The quantitative estimate of drug-likeness (QED) is 0.352. The molecule has 0 aliphatic heterocycles. The van der Waals surface area contributed by atoms with E-state index in [4.69, 9.17) is 4.74 Å². The number of alkyl halides is 3. The Balaban J connectivity index is 2.36. The summed E-state index contributed by atoms with van der Waals surface area (Å²) in [5.41, 5.74) is -1.09. The number of ether oxygens (including phenoxy) is 1. The van der Waals surface area contributed by atoms with Gasteiger partial charge >= 0.3 is 6.18 Å². The summed E-state index contributed by atoms with van der Waals surface area (Å²) in [4.78, 5) is 8.25. The number of nitrogens with one attached hydrogen (secondary N) is 3.